The van der Waals surface area contributed by atoms with Crippen LogP contribution < -0.4 is 5.32 Å². The SMILES string of the molecule is C=CCn1c(SCC(=O)Nc2nnc(CC)s2)nnc1-c1ccc(Cl)cc1Cl. The van der Waals surface area contributed by atoms with Crippen LogP contribution in [0.4, 0.5) is 5.13 Å². The lowest BCUT2D eigenvalue weighted by Crippen LogP contribution is -2.14. The minimum Gasteiger partial charge on any atom is -0.300 e. The largest absolute Gasteiger partial charge is 0.300 e. The van der Waals surface area contributed by atoms with E-state index in [4.69, 9.17) is 23.2 Å². The summed E-state index contributed by atoms with van der Waals surface area (Å²) in [5.74, 6) is 0.550. The summed E-state index contributed by atoms with van der Waals surface area (Å²) < 4.78 is 1.85. The van der Waals surface area contributed by atoms with Gasteiger partial charge < -0.3 is 0 Å². The van der Waals surface area contributed by atoms with Crippen LogP contribution in [0.25, 0.3) is 11.4 Å². The molecule has 0 unspecified atom stereocenters. The van der Waals surface area contributed by atoms with E-state index in [0.29, 0.717) is 38.3 Å². The van der Waals surface area contributed by atoms with Gasteiger partial charge in [-0.1, -0.05) is 59.3 Å². The highest BCUT2D eigenvalue weighted by atomic mass is 35.5. The molecule has 0 aliphatic carbocycles. The summed E-state index contributed by atoms with van der Waals surface area (Å²) in [5, 5.41) is 22.1. The van der Waals surface area contributed by atoms with Crippen molar-refractivity contribution < 1.29 is 4.79 Å². The number of hydrogen-bond donors (Lipinski definition) is 1. The molecule has 0 aliphatic heterocycles. The Bertz CT molecular complexity index is 1000. The maximum Gasteiger partial charge on any atom is 0.236 e. The number of aryl methyl sites for hydroxylation is 1. The number of allylic oxidation sites excluding steroid dienone is 1. The second-order valence-electron chi connectivity index (χ2n) is 5.52. The predicted octanol–water partition coefficient (Wildman–Crippen LogP) is 4.58. The molecule has 11 heteroatoms. The monoisotopic (exact) mass is 454 g/mol. The fourth-order valence-electron chi connectivity index (χ4n) is 2.29. The molecule has 2 aromatic heterocycles. The normalized spacial score (nSPS) is 10.8. The molecule has 1 aromatic carbocycles. The van der Waals surface area contributed by atoms with Crippen molar-refractivity contribution in [1.82, 2.24) is 25.0 Å². The lowest BCUT2D eigenvalue weighted by Gasteiger charge is -2.09. The highest BCUT2D eigenvalue weighted by Gasteiger charge is 2.17. The van der Waals surface area contributed by atoms with Gasteiger partial charge in [0.05, 0.1) is 10.8 Å². The first-order valence-electron chi connectivity index (χ1n) is 8.26. The first-order chi connectivity index (χ1) is 13.5. The highest BCUT2D eigenvalue weighted by Crippen LogP contribution is 2.31. The molecule has 0 radical (unpaired) electrons. The zero-order valence-electron chi connectivity index (χ0n) is 14.9. The molecule has 7 nitrogen and oxygen atoms in total. The van der Waals surface area contributed by atoms with Crippen molar-refractivity contribution in [1.29, 1.82) is 0 Å². The fraction of sp³-hybridized carbons (Fsp3) is 0.235. The maximum atomic E-state index is 12.2. The Morgan fingerprint density at radius 2 is 2.14 bits per heavy atom. The van der Waals surface area contributed by atoms with Gasteiger partial charge in [0.1, 0.15) is 5.01 Å². The third-order valence-corrected chi connectivity index (χ3v) is 6.05. The van der Waals surface area contributed by atoms with Gasteiger partial charge in [-0.3, -0.25) is 14.7 Å². The maximum absolute atomic E-state index is 12.2. The molecule has 1 N–H and O–H groups in total. The molecule has 1 amide bonds. The van der Waals surface area contributed by atoms with E-state index in [9.17, 15) is 4.79 Å². The van der Waals surface area contributed by atoms with Crippen LogP contribution in [0.15, 0.2) is 36.0 Å². The summed E-state index contributed by atoms with van der Waals surface area (Å²) in [7, 11) is 0. The third kappa shape index (κ3) is 4.91. The topological polar surface area (TPSA) is 85.6 Å². The lowest BCUT2D eigenvalue weighted by molar-refractivity contribution is -0.113. The summed E-state index contributed by atoms with van der Waals surface area (Å²) in [6.07, 6.45) is 2.51. The van der Waals surface area contributed by atoms with Crippen LogP contribution in [0, 0.1) is 0 Å². The van der Waals surface area contributed by atoms with Crippen LogP contribution in [-0.2, 0) is 17.8 Å². The standard InChI is InChI=1S/C17H16Cl2N6OS2/c1-3-7-25-15(11-6-5-10(18)8-12(11)19)22-24-17(25)27-9-13(26)20-16-23-21-14(4-2)28-16/h3,5-6,8H,1,4,7,9H2,2H3,(H,20,23,26). The first-order valence-corrected chi connectivity index (χ1v) is 10.8. The molecule has 0 fully saturated rings. The van der Waals surface area contributed by atoms with Crippen LogP contribution in [0.5, 0.6) is 0 Å². The Kier molecular flexibility index (Phi) is 7.06. The molecule has 0 saturated heterocycles. The van der Waals surface area contributed by atoms with Crippen molar-refractivity contribution >= 4 is 57.3 Å². The van der Waals surface area contributed by atoms with Gasteiger partial charge in [0.2, 0.25) is 11.0 Å². The number of rotatable bonds is 8. The second kappa shape index (κ2) is 9.51. The molecule has 146 valence electrons. The van der Waals surface area contributed by atoms with E-state index in [1.54, 1.807) is 24.3 Å². The van der Waals surface area contributed by atoms with Crippen LogP contribution in [0.2, 0.25) is 10.0 Å². The molecular formula is C17H16Cl2N6OS2. The highest BCUT2D eigenvalue weighted by molar-refractivity contribution is 7.99. The number of thioether (sulfide) groups is 1. The number of carbonyl (C=O) groups is 1. The van der Waals surface area contributed by atoms with E-state index in [0.717, 1.165) is 11.4 Å². The van der Waals surface area contributed by atoms with Crippen LogP contribution in [0.3, 0.4) is 0 Å². The second-order valence-corrected chi connectivity index (χ2v) is 8.37. The Morgan fingerprint density at radius 3 is 2.82 bits per heavy atom. The molecule has 0 saturated carbocycles. The molecular weight excluding hydrogens is 439 g/mol. The number of aromatic nitrogens is 5. The minimum absolute atomic E-state index is 0.157. The molecule has 3 aromatic rings. The summed E-state index contributed by atoms with van der Waals surface area (Å²) >= 11 is 14.9. The molecule has 0 aliphatic rings. The van der Waals surface area contributed by atoms with Gasteiger partial charge in [-0.2, -0.15) is 0 Å². The van der Waals surface area contributed by atoms with Crippen LogP contribution in [0.1, 0.15) is 11.9 Å². The minimum atomic E-state index is -0.192. The zero-order chi connectivity index (χ0) is 20.1. The molecule has 0 spiro atoms. The fourth-order valence-corrected chi connectivity index (χ4v) is 4.23. The number of halogens is 2. The van der Waals surface area contributed by atoms with Crippen LogP contribution >= 0.6 is 46.3 Å². The van der Waals surface area contributed by atoms with Gasteiger partial charge in [0.25, 0.3) is 0 Å². The van der Waals surface area contributed by atoms with Crippen molar-refractivity contribution in [2.24, 2.45) is 0 Å². The van der Waals surface area contributed by atoms with E-state index in [1.807, 2.05) is 11.5 Å². The van der Waals surface area contributed by atoms with E-state index >= 15 is 0 Å². The van der Waals surface area contributed by atoms with E-state index in [1.165, 1.54) is 23.1 Å². The predicted molar refractivity (Wildman–Crippen MR) is 114 cm³/mol. The number of carbonyl (C=O) groups excluding carboxylic acids is 1. The number of benzene rings is 1. The number of amides is 1. The Labute approximate surface area is 180 Å². The average Bonchev–Trinajstić information content (AvgIpc) is 3.27. The van der Waals surface area contributed by atoms with E-state index in [2.05, 4.69) is 32.3 Å². The van der Waals surface area contributed by atoms with E-state index in [-0.39, 0.29) is 11.7 Å². The summed E-state index contributed by atoms with van der Waals surface area (Å²) in [6, 6.07) is 5.18. The number of nitrogens with zero attached hydrogens (tertiary/aromatic N) is 5. The molecule has 2 heterocycles. The van der Waals surface area contributed by atoms with Crippen molar-refractivity contribution in [3.8, 4) is 11.4 Å². The quantitative estimate of drug-likeness (QED) is 0.395. The number of hydrogen-bond acceptors (Lipinski definition) is 7. The van der Waals surface area contributed by atoms with Crippen molar-refractivity contribution in [2.45, 2.75) is 25.0 Å². The van der Waals surface area contributed by atoms with Gasteiger partial charge >= 0.3 is 0 Å². The first kappa shape index (κ1) is 20.8. The zero-order valence-corrected chi connectivity index (χ0v) is 18.0. The molecule has 28 heavy (non-hydrogen) atoms. The Morgan fingerprint density at radius 1 is 1.32 bits per heavy atom. The molecule has 0 atom stereocenters. The molecule has 3 rings (SSSR count). The Hall–Kier alpha value is -1.94. The van der Waals surface area contributed by atoms with Gasteiger partial charge in [0.15, 0.2) is 11.0 Å². The third-order valence-electron chi connectivity index (χ3n) is 3.55. The summed E-state index contributed by atoms with van der Waals surface area (Å²) in [6.45, 7) is 6.24. The summed E-state index contributed by atoms with van der Waals surface area (Å²) in [5.41, 5.74) is 0.706. The summed E-state index contributed by atoms with van der Waals surface area (Å²) in [4.78, 5) is 12.2. The van der Waals surface area contributed by atoms with Crippen molar-refractivity contribution in [3.05, 3.63) is 45.9 Å². The van der Waals surface area contributed by atoms with Gasteiger partial charge in [-0.05, 0) is 24.6 Å². The van der Waals surface area contributed by atoms with E-state index < -0.39 is 0 Å². The smallest absolute Gasteiger partial charge is 0.236 e. The lowest BCUT2D eigenvalue weighted by atomic mass is 10.2. The number of nitrogens with one attached hydrogen (secondary N) is 1. The van der Waals surface area contributed by atoms with Crippen LogP contribution in [-0.4, -0.2) is 36.6 Å². The number of anilines is 1. The Balaban J connectivity index is 1.74. The van der Waals surface area contributed by atoms with Crippen molar-refractivity contribution in [2.75, 3.05) is 11.1 Å². The van der Waals surface area contributed by atoms with Gasteiger partial charge in [-0.15, -0.1) is 27.0 Å². The van der Waals surface area contributed by atoms with Crippen molar-refractivity contribution in [3.63, 3.8) is 0 Å². The van der Waals surface area contributed by atoms with Gasteiger partial charge in [-0.25, -0.2) is 0 Å². The molecule has 0 bridgehead atoms. The van der Waals surface area contributed by atoms with Gasteiger partial charge in [0, 0.05) is 17.1 Å². The average molecular weight is 455 g/mol.